The maximum Gasteiger partial charge on any atom is 0.0354 e. The van der Waals surface area contributed by atoms with Gasteiger partial charge >= 0.3 is 0 Å². The van der Waals surface area contributed by atoms with Gasteiger partial charge in [0.15, 0.2) is 0 Å². The van der Waals surface area contributed by atoms with Crippen molar-refractivity contribution in [1.82, 2.24) is 5.43 Å². The molecule has 0 aliphatic carbocycles. The van der Waals surface area contributed by atoms with Crippen LogP contribution in [0.2, 0.25) is 0 Å². The predicted octanol–water partition coefficient (Wildman–Crippen LogP) is 3.04. The predicted molar refractivity (Wildman–Crippen MR) is 75.7 cm³/mol. The zero-order valence-electron chi connectivity index (χ0n) is 10.6. The van der Waals surface area contributed by atoms with Crippen LogP contribution in [0.5, 0.6) is 0 Å². The molecule has 0 saturated heterocycles. The summed E-state index contributed by atoms with van der Waals surface area (Å²) in [4.78, 5) is 0. The van der Waals surface area contributed by atoms with E-state index in [1.807, 2.05) is 0 Å². The van der Waals surface area contributed by atoms with E-state index in [1.54, 1.807) is 0 Å². The number of hydrogen-bond acceptors (Lipinski definition) is 2. The molecule has 0 atom stereocenters. The van der Waals surface area contributed by atoms with E-state index in [4.69, 9.17) is 5.84 Å². The highest BCUT2D eigenvalue weighted by Gasteiger charge is 2.10. The van der Waals surface area contributed by atoms with Gasteiger partial charge in [-0.3, -0.25) is 11.3 Å². The van der Waals surface area contributed by atoms with Crippen LogP contribution in [0.1, 0.15) is 33.4 Å². The molecule has 0 aliphatic rings. The summed E-state index contributed by atoms with van der Waals surface area (Å²) < 4.78 is 0. The van der Waals surface area contributed by atoms with Crippen molar-refractivity contribution >= 4 is 24.8 Å². The lowest BCUT2D eigenvalue weighted by atomic mass is 9.90. The fraction of sp³-hybridized carbons (Fsp3) is 0.500. The summed E-state index contributed by atoms with van der Waals surface area (Å²) in [6, 6.07) is 0. The Balaban J connectivity index is 0. The van der Waals surface area contributed by atoms with Crippen LogP contribution in [0.15, 0.2) is 0 Å². The van der Waals surface area contributed by atoms with Crippen molar-refractivity contribution in [2.45, 2.75) is 41.2 Å². The summed E-state index contributed by atoms with van der Waals surface area (Å²) in [5.41, 5.74) is 11.0. The lowest BCUT2D eigenvalue weighted by Crippen LogP contribution is -2.22. The van der Waals surface area contributed by atoms with Gasteiger partial charge in [0, 0.05) is 6.54 Å². The minimum atomic E-state index is 0. The van der Waals surface area contributed by atoms with Crippen molar-refractivity contribution in [2.24, 2.45) is 5.84 Å². The zero-order valence-corrected chi connectivity index (χ0v) is 12.2. The molecule has 0 unspecified atom stereocenters. The van der Waals surface area contributed by atoms with E-state index >= 15 is 0 Å². The molecule has 16 heavy (non-hydrogen) atoms. The van der Waals surface area contributed by atoms with Gasteiger partial charge in [-0.1, -0.05) is 0 Å². The molecule has 0 fully saturated rings. The number of nitrogens with one attached hydrogen (secondary N) is 1. The summed E-state index contributed by atoms with van der Waals surface area (Å²) in [6.45, 7) is 11.6. The van der Waals surface area contributed by atoms with E-state index in [0.29, 0.717) is 0 Å². The van der Waals surface area contributed by atoms with E-state index in [9.17, 15) is 0 Å². The first-order valence-corrected chi connectivity index (χ1v) is 5.00. The fourth-order valence-corrected chi connectivity index (χ4v) is 1.94. The Hall–Kier alpha value is -0.280. The van der Waals surface area contributed by atoms with Gasteiger partial charge in [-0.2, -0.15) is 0 Å². The molecule has 0 aromatic heterocycles. The Labute approximate surface area is 111 Å². The molecule has 0 radical (unpaired) electrons. The van der Waals surface area contributed by atoms with Gasteiger partial charge in [0.05, 0.1) is 0 Å². The average molecular weight is 265 g/mol. The summed E-state index contributed by atoms with van der Waals surface area (Å²) in [5.74, 6) is 5.39. The second kappa shape index (κ2) is 7.13. The first kappa shape index (κ1) is 18.1. The van der Waals surface area contributed by atoms with Crippen LogP contribution < -0.4 is 11.3 Å². The second-order valence-corrected chi connectivity index (χ2v) is 3.98. The smallest absolute Gasteiger partial charge is 0.0354 e. The lowest BCUT2D eigenvalue weighted by molar-refractivity contribution is 0.731. The van der Waals surface area contributed by atoms with Gasteiger partial charge in [-0.25, -0.2) is 0 Å². The molecule has 1 aromatic rings. The SMILES string of the molecule is Cc1c(C)c(C)c(CNN)c(C)c1C.Cl.Cl. The Bertz CT molecular complexity index is 334. The molecule has 3 N–H and O–H groups in total. The van der Waals surface area contributed by atoms with Crippen LogP contribution in [0.3, 0.4) is 0 Å². The fourth-order valence-electron chi connectivity index (χ4n) is 1.94. The highest BCUT2D eigenvalue weighted by atomic mass is 35.5. The van der Waals surface area contributed by atoms with Gasteiger partial charge in [0.1, 0.15) is 0 Å². The van der Waals surface area contributed by atoms with Crippen molar-refractivity contribution in [3.05, 3.63) is 33.4 Å². The second-order valence-electron chi connectivity index (χ2n) is 3.98. The minimum Gasteiger partial charge on any atom is -0.271 e. The number of benzene rings is 1. The monoisotopic (exact) mass is 264 g/mol. The zero-order chi connectivity index (χ0) is 10.9. The van der Waals surface area contributed by atoms with Crippen molar-refractivity contribution in [3.8, 4) is 0 Å². The van der Waals surface area contributed by atoms with Crippen LogP contribution in [0, 0.1) is 34.6 Å². The first-order valence-electron chi connectivity index (χ1n) is 5.00. The summed E-state index contributed by atoms with van der Waals surface area (Å²) in [5, 5.41) is 0. The maximum absolute atomic E-state index is 5.39. The summed E-state index contributed by atoms with van der Waals surface area (Å²) in [6.07, 6.45) is 0. The van der Waals surface area contributed by atoms with E-state index in [2.05, 4.69) is 40.0 Å². The van der Waals surface area contributed by atoms with E-state index in [-0.39, 0.29) is 24.8 Å². The number of nitrogens with two attached hydrogens (primary N) is 1. The number of hydrogen-bond donors (Lipinski definition) is 2. The van der Waals surface area contributed by atoms with Crippen LogP contribution in [-0.4, -0.2) is 0 Å². The molecule has 4 heteroatoms. The van der Waals surface area contributed by atoms with E-state index < -0.39 is 0 Å². The van der Waals surface area contributed by atoms with Crippen molar-refractivity contribution in [3.63, 3.8) is 0 Å². The third-order valence-electron chi connectivity index (χ3n) is 3.43. The van der Waals surface area contributed by atoms with Crippen LogP contribution in [0.4, 0.5) is 0 Å². The molecule has 2 nitrogen and oxygen atoms in total. The Morgan fingerprint density at radius 3 is 1.38 bits per heavy atom. The molecule has 0 spiro atoms. The van der Waals surface area contributed by atoms with Gasteiger partial charge in [-0.15, -0.1) is 24.8 Å². The number of rotatable bonds is 2. The molecule has 0 bridgehead atoms. The molecule has 1 rings (SSSR count). The third kappa shape index (κ3) is 3.11. The van der Waals surface area contributed by atoms with Gasteiger partial charge < -0.3 is 0 Å². The number of hydrazine groups is 1. The maximum atomic E-state index is 5.39. The van der Waals surface area contributed by atoms with Gasteiger partial charge in [0.2, 0.25) is 0 Å². The van der Waals surface area contributed by atoms with Crippen molar-refractivity contribution < 1.29 is 0 Å². The van der Waals surface area contributed by atoms with Crippen LogP contribution >= 0.6 is 24.8 Å². The molecule has 0 saturated carbocycles. The highest BCUT2D eigenvalue weighted by Crippen LogP contribution is 2.25. The van der Waals surface area contributed by atoms with Crippen molar-refractivity contribution in [2.75, 3.05) is 0 Å². The largest absolute Gasteiger partial charge is 0.271 e. The van der Waals surface area contributed by atoms with Crippen molar-refractivity contribution in [1.29, 1.82) is 0 Å². The minimum absolute atomic E-state index is 0. The Morgan fingerprint density at radius 1 is 0.750 bits per heavy atom. The standard InChI is InChI=1S/C12H20N2.2ClH/c1-7-8(2)10(4)12(6-14-13)11(5)9(7)3;;/h14H,6,13H2,1-5H3;2*1H. The van der Waals surface area contributed by atoms with Crippen LogP contribution in [0.25, 0.3) is 0 Å². The molecule has 1 aromatic carbocycles. The third-order valence-corrected chi connectivity index (χ3v) is 3.43. The van der Waals surface area contributed by atoms with Crippen LogP contribution in [-0.2, 0) is 6.54 Å². The van der Waals surface area contributed by atoms with Gasteiger partial charge in [-0.05, 0) is 68.0 Å². The highest BCUT2D eigenvalue weighted by molar-refractivity contribution is 5.85. The molecular formula is C12H22Cl2N2. The molecule has 94 valence electrons. The molecule has 0 aliphatic heterocycles. The normalized spacial score (nSPS) is 9.38. The van der Waals surface area contributed by atoms with Gasteiger partial charge in [0.25, 0.3) is 0 Å². The first-order chi connectivity index (χ1) is 6.50. The average Bonchev–Trinajstić information content (AvgIpc) is 2.19. The quantitative estimate of drug-likeness (QED) is 0.637. The molecule has 0 heterocycles. The summed E-state index contributed by atoms with van der Waals surface area (Å²) in [7, 11) is 0. The van der Waals surface area contributed by atoms with E-state index in [1.165, 1.54) is 33.4 Å². The Morgan fingerprint density at radius 2 is 1.06 bits per heavy atom. The molecular weight excluding hydrogens is 243 g/mol. The Kier molecular flexibility index (Phi) is 8.06. The topological polar surface area (TPSA) is 38.0 Å². The summed E-state index contributed by atoms with van der Waals surface area (Å²) >= 11 is 0. The number of halogens is 2. The van der Waals surface area contributed by atoms with E-state index in [0.717, 1.165) is 6.54 Å². The molecule has 0 amide bonds. The lowest BCUT2D eigenvalue weighted by Gasteiger charge is -2.18.